The number of fused-ring (bicyclic) bond motifs is 1. The second-order valence-electron chi connectivity index (χ2n) is 3.60. The highest BCUT2D eigenvalue weighted by Gasteiger charge is 2.13. The first kappa shape index (κ1) is 15.9. The van der Waals surface area contributed by atoms with E-state index in [0.29, 0.717) is 10.7 Å². The van der Waals surface area contributed by atoms with Crippen molar-refractivity contribution in [3.05, 3.63) is 47.3 Å². The molecule has 1 aromatic carbocycles. The maximum Gasteiger partial charge on any atom is 0.338 e. The maximum absolute atomic E-state index is 10.7. The van der Waals surface area contributed by atoms with Crippen molar-refractivity contribution in [2.75, 3.05) is 6.16 Å². The Morgan fingerprint density at radius 3 is 1.85 bits per heavy atom. The molecule has 0 atom stereocenters. The Morgan fingerprint density at radius 1 is 1.10 bits per heavy atom. The van der Waals surface area contributed by atoms with Crippen LogP contribution in [0.15, 0.2) is 46.5 Å². The Balaban J connectivity index is 0.000000221. The fourth-order valence-electron chi connectivity index (χ4n) is 1.17. The highest BCUT2D eigenvalue weighted by atomic mass is 31.2. The second-order valence-corrected chi connectivity index (χ2v) is 5.29. The van der Waals surface area contributed by atoms with Crippen LogP contribution in [0.25, 0.3) is 0 Å². The van der Waals surface area contributed by atoms with Crippen molar-refractivity contribution >= 4 is 19.4 Å². The molecule has 0 aliphatic carbocycles. The van der Waals surface area contributed by atoms with Crippen molar-refractivity contribution in [2.45, 2.75) is 0 Å². The molecule has 9 heteroatoms. The van der Waals surface area contributed by atoms with Crippen molar-refractivity contribution in [3.63, 3.8) is 0 Å². The van der Waals surface area contributed by atoms with Gasteiger partial charge in [-0.2, -0.15) is 0 Å². The minimum atomic E-state index is -3.85. The molecule has 1 heterocycles. The van der Waals surface area contributed by atoms with Crippen LogP contribution in [0.5, 0.6) is 0 Å². The van der Waals surface area contributed by atoms with Crippen molar-refractivity contribution in [1.29, 1.82) is 0 Å². The fraction of sp³-hybridized carbons (Fsp3) is 0.0909. The van der Waals surface area contributed by atoms with Crippen molar-refractivity contribution in [2.24, 2.45) is 15.7 Å². The SMILES string of the molecule is NC=CCP(=O)(O)O.O=C1N=c2ccccc2=NC1=O. The monoisotopic (exact) mass is 297 g/mol. The van der Waals surface area contributed by atoms with Gasteiger partial charge in [0.1, 0.15) is 0 Å². The lowest BCUT2D eigenvalue weighted by Gasteiger charge is -1.94. The molecule has 2 rings (SSSR count). The van der Waals surface area contributed by atoms with E-state index in [4.69, 9.17) is 15.5 Å². The molecule has 0 aromatic heterocycles. The van der Waals surface area contributed by atoms with E-state index in [2.05, 4.69) is 9.98 Å². The summed E-state index contributed by atoms with van der Waals surface area (Å²) in [6.07, 6.45) is 2.06. The summed E-state index contributed by atoms with van der Waals surface area (Å²) in [5, 5.41) is 0.921. The molecular weight excluding hydrogens is 285 g/mol. The van der Waals surface area contributed by atoms with Crippen LogP contribution in [0.1, 0.15) is 0 Å². The van der Waals surface area contributed by atoms with E-state index in [1.165, 1.54) is 6.08 Å². The zero-order valence-electron chi connectivity index (χ0n) is 10.2. The van der Waals surface area contributed by atoms with Gasteiger partial charge >= 0.3 is 19.4 Å². The summed E-state index contributed by atoms with van der Waals surface area (Å²) >= 11 is 0. The van der Waals surface area contributed by atoms with Crippen molar-refractivity contribution < 1.29 is 23.9 Å². The Morgan fingerprint density at radius 2 is 1.55 bits per heavy atom. The number of nitrogens with zero attached hydrogens (tertiary/aromatic N) is 2. The van der Waals surface area contributed by atoms with E-state index < -0.39 is 19.4 Å². The summed E-state index contributed by atoms with van der Waals surface area (Å²) in [5.41, 5.74) is 4.81. The van der Waals surface area contributed by atoms with Crippen LogP contribution in [0, 0.1) is 0 Å². The van der Waals surface area contributed by atoms with Crippen molar-refractivity contribution in [1.82, 2.24) is 0 Å². The summed E-state index contributed by atoms with van der Waals surface area (Å²) in [7, 11) is -3.85. The lowest BCUT2D eigenvalue weighted by molar-refractivity contribution is -0.135. The van der Waals surface area contributed by atoms with E-state index in [1.54, 1.807) is 24.3 Å². The number of rotatable bonds is 2. The predicted molar refractivity (Wildman–Crippen MR) is 69.0 cm³/mol. The van der Waals surface area contributed by atoms with E-state index in [-0.39, 0.29) is 6.16 Å². The maximum atomic E-state index is 10.7. The summed E-state index contributed by atoms with van der Waals surface area (Å²) in [6, 6.07) is 6.76. The first-order chi connectivity index (χ1) is 9.33. The van der Waals surface area contributed by atoms with Gasteiger partial charge in [-0.3, -0.25) is 14.2 Å². The van der Waals surface area contributed by atoms with Gasteiger partial charge in [0.05, 0.1) is 16.9 Å². The van der Waals surface area contributed by atoms with Gasteiger partial charge in [-0.1, -0.05) is 18.2 Å². The summed E-state index contributed by atoms with van der Waals surface area (Å²) in [4.78, 5) is 44.9. The van der Waals surface area contributed by atoms with Gasteiger partial charge in [-0.25, -0.2) is 9.98 Å². The molecule has 2 amide bonds. The number of benzene rings is 1. The predicted octanol–water partition coefficient (Wildman–Crippen LogP) is -1.37. The molecule has 0 saturated heterocycles. The molecule has 4 N–H and O–H groups in total. The van der Waals surface area contributed by atoms with Gasteiger partial charge in [-0.15, -0.1) is 0 Å². The normalized spacial score (nSPS) is 13.9. The Kier molecular flexibility index (Phi) is 5.45. The summed E-state index contributed by atoms with van der Waals surface area (Å²) in [5.74, 6) is -1.59. The highest BCUT2D eigenvalue weighted by Crippen LogP contribution is 2.33. The average Bonchev–Trinajstić information content (AvgIpc) is 2.38. The van der Waals surface area contributed by atoms with Gasteiger partial charge in [0.15, 0.2) is 0 Å². The molecule has 0 fully saturated rings. The second kappa shape index (κ2) is 6.85. The van der Waals surface area contributed by atoms with E-state index in [1.807, 2.05) is 0 Å². The van der Waals surface area contributed by atoms with Gasteiger partial charge in [-0.05, 0) is 18.3 Å². The number of nitrogens with two attached hydrogens (primary N) is 1. The highest BCUT2D eigenvalue weighted by molar-refractivity contribution is 7.51. The number of para-hydroxylation sites is 2. The number of hydrogen-bond donors (Lipinski definition) is 3. The van der Waals surface area contributed by atoms with Crippen LogP contribution in [0.2, 0.25) is 0 Å². The number of allylic oxidation sites excluding steroid dienone is 1. The minimum Gasteiger partial charge on any atom is -0.405 e. The molecule has 0 radical (unpaired) electrons. The van der Waals surface area contributed by atoms with Crippen LogP contribution < -0.4 is 16.4 Å². The zero-order valence-corrected chi connectivity index (χ0v) is 11.1. The first-order valence-electron chi connectivity index (χ1n) is 5.35. The Labute approximate surface area is 113 Å². The molecule has 0 unspecified atom stereocenters. The lowest BCUT2D eigenvalue weighted by atomic mass is 10.3. The van der Waals surface area contributed by atoms with Gasteiger partial charge in [0.25, 0.3) is 0 Å². The molecule has 1 aliphatic rings. The molecule has 1 aromatic rings. The van der Waals surface area contributed by atoms with Crippen LogP contribution in [0.4, 0.5) is 0 Å². The molecule has 1 aliphatic heterocycles. The molecule has 20 heavy (non-hydrogen) atoms. The summed E-state index contributed by atoms with van der Waals surface area (Å²) < 4.78 is 9.98. The van der Waals surface area contributed by atoms with Gasteiger partial charge in [0.2, 0.25) is 0 Å². The topological polar surface area (TPSA) is 142 Å². The fourth-order valence-corrected chi connectivity index (χ4v) is 1.56. The smallest absolute Gasteiger partial charge is 0.338 e. The molecular formula is C11H12N3O5P. The van der Waals surface area contributed by atoms with Crippen LogP contribution in [-0.2, 0) is 14.2 Å². The molecule has 0 spiro atoms. The third kappa shape index (κ3) is 5.23. The standard InChI is InChI=1S/C8H4N2O2.C3H8NO3P/c11-7-8(12)10-6-4-2-1-3-5(6)9-7;4-2-1-3-8(5,6)7/h1-4H;1-2H,3-4H2,(H2,5,6,7). The Bertz CT molecular complexity index is 662. The van der Waals surface area contributed by atoms with Crippen LogP contribution >= 0.6 is 7.60 Å². The first-order valence-corrected chi connectivity index (χ1v) is 7.15. The van der Waals surface area contributed by atoms with E-state index in [9.17, 15) is 14.2 Å². The zero-order chi connectivity index (χ0) is 15.2. The van der Waals surface area contributed by atoms with Gasteiger partial charge in [0, 0.05) is 0 Å². The third-order valence-corrected chi connectivity index (χ3v) is 2.67. The largest absolute Gasteiger partial charge is 0.405 e. The number of hydrogen-bond acceptors (Lipinski definition) is 4. The lowest BCUT2D eigenvalue weighted by Crippen LogP contribution is -2.33. The average molecular weight is 297 g/mol. The van der Waals surface area contributed by atoms with Crippen LogP contribution in [-0.4, -0.2) is 27.8 Å². The van der Waals surface area contributed by atoms with E-state index in [0.717, 1.165) is 6.20 Å². The minimum absolute atomic E-state index is 0.274. The van der Waals surface area contributed by atoms with Crippen molar-refractivity contribution in [3.8, 4) is 0 Å². The molecule has 106 valence electrons. The quantitative estimate of drug-likeness (QED) is 0.454. The molecule has 0 bridgehead atoms. The number of amides is 2. The van der Waals surface area contributed by atoms with Crippen LogP contribution in [0.3, 0.4) is 0 Å². The molecule has 8 nitrogen and oxygen atoms in total. The molecule has 0 saturated carbocycles. The van der Waals surface area contributed by atoms with E-state index >= 15 is 0 Å². The summed E-state index contributed by atoms with van der Waals surface area (Å²) in [6.45, 7) is 0. The number of carbonyl (C=O) groups excluding carboxylic acids is 2. The van der Waals surface area contributed by atoms with Gasteiger partial charge < -0.3 is 15.5 Å². The Hall–Kier alpha value is -2.15. The number of carbonyl (C=O) groups is 2. The third-order valence-electron chi connectivity index (χ3n) is 1.99.